The van der Waals surface area contributed by atoms with E-state index in [0.717, 1.165) is 18.5 Å². The van der Waals surface area contributed by atoms with Gasteiger partial charge in [-0.2, -0.15) is 0 Å². The largest absolute Gasteiger partial charge is 0.312 e. The molecule has 1 saturated heterocycles. The highest BCUT2D eigenvalue weighted by Crippen LogP contribution is 2.12. The average Bonchev–Trinajstić information content (AvgIpc) is 2.48. The van der Waals surface area contributed by atoms with E-state index in [2.05, 4.69) is 37.9 Å². The average molecular weight is 184 g/mol. The Hall–Kier alpha value is -0.0800. The normalized spacial score (nSPS) is 24.9. The zero-order valence-corrected chi connectivity index (χ0v) is 9.51. The maximum Gasteiger partial charge on any atom is 0.0207 e. The molecule has 0 aromatic heterocycles. The van der Waals surface area contributed by atoms with Crippen molar-refractivity contribution < 1.29 is 0 Å². The Balaban J connectivity index is 2.17. The zero-order valence-electron chi connectivity index (χ0n) is 9.51. The first kappa shape index (κ1) is 11.0. The molecule has 0 aliphatic carbocycles. The molecule has 1 atom stereocenters. The second-order valence-electron chi connectivity index (χ2n) is 4.88. The van der Waals surface area contributed by atoms with Gasteiger partial charge in [0, 0.05) is 18.6 Å². The van der Waals surface area contributed by atoms with E-state index in [-0.39, 0.29) is 0 Å². The maximum atomic E-state index is 3.62. The molecule has 1 aliphatic rings. The van der Waals surface area contributed by atoms with Crippen molar-refractivity contribution in [3.8, 4) is 0 Å². The fourth-order valence-corrected chi connectivity index (χ4v) is 1.83. The third kappa shape index (κ3) is 3.65. The van der Waals surface area contributed by atoms with Crippen LogP contribution in [0, 0.1) is 5.92 Å². The molecule has 0 aromatic rings. The van der Waals surface area contributed by atoms with Crippen molar-refractivity contribution in [2.75, 3.05) is 19.6 Å². The van der Waals surface area contributed by atoms with Gasteiger partial charge in [-0.15, -0.1) is 0 Å². The minimum atomic E-state index is 0.714. The molecule has 0 saturated carbocycles. The van der Waals surface area contributed by atoms with Crippen molar-refractivity contribution in [1.82, 2.24) is 10.2 Å². The highest BCUT2D eigenvalue weighted by Gasteiger charge is 2.23. The molecule has 1 aliphatic heterocycles. The van der Waals surface area contributed by atoms with Crippen LogP contribution in [0.3, 0.4) is 0 Å². The number of nitrogens with zero attached hydrogens (tertiary/aromatic N) is 1. The van der Waals surface area contributed by atoms with E-state index in [1.54, 1.807) is 0 Å². The lowest BCUT2D eigenvalue weighted by molar-refractivity contribution is 0.267. The standard InChI is InChI=1S/C11H24N2/c1-9(2)7-12-11-5-6-13(8-11)10(3)4/h9-12H,5-8H2,1-4H3. The summed E-state index contributed by atoms with van der Waals surface area (Å²) in [7, 11) is 0. The molecule has 0 radical (unpaired) electrons. The van der Waals surface area contributed by atoms with E-state index < -0.39 is 0 Å². The predicted molar refractivity (Wildman–Crippen MR) is 58.0 cm³/mol. The van der Waals surface area contributed by atoms with Gasteiger partial charge in [0.2, 0.25) is 0 Å². The molecule has 1 heterocycles. The minimum absolute atomic E-state index is 0.714. The third-order valence-electron chi connectivity index (χ3n) is 2.76. The fraction of sp³-hybridized carbons (Fsp3) is 1.00. The molecule has 78 valence electrons. The van der Waals surface area contributed by atoms with Gasteiger partial charge < -0.3 is 5.32 Å². The van der Waals surface area contributed by atoms with E-state index in [1.807, 2.05) is 0 Å². The summed E-state index contributed by atoms with van der Waals surface area (Å²) in [6.07, 6.45) is 1.32. The number of hydrogen-bond acceptors (Lipinski definition) is 2. The summed E-state index contributed by atoms with van der Waals surface area (Å²) >= 11 is 0. The van der Waals surface area contributed by atoms with E-state index in [4.69, 9.17) is 0 Å². The van der Waals surface area contributed by atoms with Crippen molar-refractivity contribution >= 4 is 0 Å². The molecule has 0 aromatic carbocycles. The van der Waals surface area contributed by atoms with Crippen LogP contribution in [0.2, 0.25) is 0 Å². The summed E-state index contributed by atoms with van der Waals surface area (Å²) in [4.78, 5) is 2.55. The Labute approximate surface area is 82.7 Å². The second-order valence-corrected chi connectivity index (χ2v) is 4.88. The predicted octanol–water partition coefficient (Wildman–Crippen LogP) is 1.71. The van der Waals surface area contributed by atoms with Crippen LogP contribution in [-0.4, -0.2) is 36.6 Å². The first-order valence-electron chi connectivity index (χ1n) is 5.57. The summed E-state index contributed by atoms with van der Waals surface area (Å²) in [6.45, 7) is 12.8. The third-order valence-corrected chi connectivity index (χ3v) is 2.76. The van der Waals surface area contributed by atoms with Crippen LogP contribution in [0.4, 0.5) is 0 Å². The van der Waals surface area contributed by atoms with Gasteiger partial charge >= 0.3 is 0 Å². The quantitative estimate of drug-likeness (QED) is 0.715. The van der Waals surface area contributed by atoms with E-state index >= 15 is 0 Å². The first-order valence-corrected chi connectivity index (χ1v) is 5.57. The van der Waals surface area contributed by atoms with Crippen LogP contribution >= 0.6 is 0 Å². The lowest BCUT2D eigenvalue weighted by atomic mass is 10.2. The highest BCUT2D eigenvalue weighted by molar-refractivity contribution is 4.82. The summed E-state index contributed by atoms with van der Waals surface area (Å²) < 4.78 is 0. The summed E-state index contributed by atoms with van der Waals surface area (Å²) in [5, 5.41) is 3.62. The second kappa shape index (κ2) is 4.97. The number of likely N-dealkylation sites (tertiary alicyclic amines) is 1. The molecule has 13 heavy (non-hydrogen) atoms. The molecule has 1 unspecified atom stereocenters. The molecule has 1 rings (SSSR count). The van der Waals surface area contributed by atoms with Crippen molar-refractivity contribution in [3.05, 3.63) is 0 Å². The van der Waals surface area contributed by atoms with Crippen LogP contribution in [0.15, 0.2) is 0 Å². The van der Waals surface area contributed by atoms with Crippen molar-refractivity contribution in [2.45, 2.75) is 46.2 Å². The van der Waals surface area contributed by atoms with Crippen molar-refractivity contribution in [1.29, 1.82) is 0 Å². The van der Waals surface area contributed by atoms with Gasteiger partial charge in [0.1, 0.15) is 0 Å². The molecule has 2 heteroatoms. The van der Waals surface area contributed by atoms with Crippen molar-refractivity contribution in [3.63, 3.8) is 0 Å². The smallest absolute Gasteiger partial charge is 0.0207 e. The lowest BCUT2D eigenvalue weighted by Crippen LogP contribution is -2.36. The van der Waals surface area contributed by atoms with Gasteiger partial charge in [0.25, 0.3) is 0 Å². The first-order chi connectivity index (χ1) is 6.09. The topological polar surface area (TPSA) is 15.3 Å². The number of nitrogens with one attached hydrogen (secondary N) is 1. The van der Waals surface area contributed by atoms with Crippen LogP contribution in [0.25, 0.3) is 0 Å². The van der Waals surface area contributed by atoms with Crippen LogP contribution in [0.5, 0.6) is 0 Å². The molecule has 2 nitrogen and oxygen atoms in total. The van der Waals surface area contributed by atoms with Crippen molar-refractivity contribution in [2.24, 2.45) is 5.92 Å². The van der Waals surface area contributed by atoms with Gasteiger partial charge in [-0.3, -0.25) is 4.90 Å². The summed E-state index contributed by atoms with van der Waals surface area (Å²) in [5.74, 6) is 0.771. The van der Waals surface area contributed by atoms with Gasteiger partial charge in [-0.1, -0.05) is 13.8 Å². The SMILES string of the molecule is CC(C)CNC1CCN(C(C)C)C1. The van der Waals surface area contributed by atoms with Crippen LogP contribution in [0.1, 0.15) is 34.1 Å². The van der Waals surface area contributed by atoms with Gasteiger partial charge in [0.05, 0.1) is 0 Å². The number of rotatable bonds is 4. The Morgan fingerprint density at radius 2 is 2.00 bits per heavy atom. The van der Waals surface area contributed by atoms with E-state index in [9.17, 15) is 0 Å². The highest BCUT2D eigenvalue weighted by atomic mass is 15.2. The minimum Gasteiger partial charge on any atom is -0.312 e. The Bertz CT molecular complexity index is 143. The van der Waals surface area contributed by atoms with Crippen LogP contribution < -0.4 is 5.32 Å². The molecule has 0 amide bonds. The molecule has 0 bridgehead atoms. The van der Waals surface area contributed by atoms with Gasteiger partial charge in [0.15, 0.2) is 0 Å². The lowest BCUT2D eigenvalue weighted by Gasteiger charge is -2.20. The monoisotopic (exact) mass is 184 g/mol. The zero-order chi connectivity index (χ0) is 9.84. The molecular formula is C11H24N2. The Morgan fingerprint density at radius 3 is 2.46 bits per heavy atom. The summed E-state index contributed by atoms with van der Waals surface area (Å²) in [5.41, 5.74) is 0. The molecule has 1 fully saturated rings. The maximum absolute atomic E-state index is 3.62. The molecular weight excluding hydrogens is 160 g/mol. The van der Waals surface area contributed by atoms with Gasteiger partial charge in [-0.05, 0) is 39.3 Å². The fourth-order valence-electron chi connectivity index (χ4n) is 1.83. The Kier molecular flexibility index (Phi) is 4.20. The molecule has 0 spiro atoms. The molecule has 1 N–H and O–H groups in total. The number of hydrogen-bond donors (Lipinski definition) is 1. The Morgan fingerprint density at radius 1 is 1.31 bits per heavy atom. The van der Waals surface area contributed by atoms with E-state index in [0.29, 0.717) is 6.04 Å². The summed E-state index contributed by atoms with van der Waals surface area (Å²) in [6, 6.07) is 1.45. The van der Waals surface area contributed by atoms with Gasteiger partial charge in [-0.25, -0.2) is 0 Å². The van der Waals surface area contributed by atoms with Crippen LogP contribution in [-0.2, 0) is 0 Å². The van der Waals surface area contributed by atoms with E-state index in [1.165, 1.54) is 19.5 Å².